The van der Waals surface area contributed by atoms with E-state index in [1.165, 1.54) is 0 Å². The van der Waals surface area contributed by atoms with Gasteiger partial charge in [0, 0.05) is 6.54 Å². The maximum atomic E-state index is 11.5. The van der Waals surface area contributed by atoms with E-state index in [0.29, 0.717) is 0 Å². The minimum atomic E-state index is -4.34. The molecule has 2 nitrogen and oxygen atoms in total. The van der Waals surface area contributed by atoms with Crippen LogP contribution in [0, 0.1) is 5.92 Å². The number of amides is 1. The maximum absolute atomic E-state index is 11.5. The molecule has 1 aliphatic heterocycles. The monoisotopic (exact) mass is 139 g/mol. The first-order valence-corrected chi connectivity index (χ1v) is 2.36. The van der Waals surface area contributed by atoms with Crippen LogP contribution in [-0.4, -0.2) is 18.6 Å². The SMILES string of the molecule is O=C1NC[C@@H]1C(F)(F)F. The van der Waals surface area contributed by atoms with E-state index in [1.54, 1.807) is 0 Å². The lowest BCUT2D eigenvalue weighted by atomic mass is 10.0. The van der Waals surface area contributed by atoms with E-state index in [-0.39, 0.29) is 6.54 Å². The van der Waals surface area contributed by atoms with Gasteiger partial charge in [0.05, 0.1) is 0 Å². The molecule has 1 atom stereocenters. The third-order valence-corrected chi connectivity index (χ3v) is 1.19. The Hall–Kier alpha value is -0.740. The minimum absolute atomic E-state index is 0.262. The first kappa shape index (κ1) is 6.38. The fraction of sp³-hybridized carbons (Fsp3) is 0.750. The van der Waals surface area contributed by atoms with Crippen LogP contribution >= 0.6 is 0 Å². The van der Waals surface area contributed by atoms with Crippen LogP contribution in [0.3, 0.4) is 0 Å². The molecule has 0 unspecified atom stereocenters. The van der Waals surface area contributed by atoms with Crippen LogP contribution in [0.5, 0.6) is 0 Å². The van der Waals surface area contributed by atoms with Gasteiger partial charge < -0.3 is 5.32 Å². The molecule has 0 aromatic carbocycles. The summed E-state index contributed by atoms with van der Waals surface area (Å²) < 4.78 is 34.5. The van der Waals surface area contributed by atoms with E-state index < -0.39 is 18.0 Å². The van der Waals surface area contributed by atoms with Crippen molar-refractivity contribution in [3.63, 3.8) is 0 Å². The highest BCUT2D eigenvalue weighted by Gasteiger charge is 2.49. The first-order chi connectivity index (χ1) is 4.02. The molecule has 1 N–H and O–H groups in total. The number of hydrogen-bond acceptors (Lipinski definition) is 1. The van der Waals surface area contributed by atoms with E-state index in [9.17, 15) is 18.0 Å². The Morgan fingerprint density at radius 2 is 2.11 bits per heavy atom. The van der Waals surface area contributed by atoms with Gasteiger partial charge in [0.25, 0.3) is 0 Å². The van der Waals surface area contributed by atoms with Gasteiger partial charge in [0.15, 0.2) is 5.92 Å². The number of hydrogen-bond donors (Lipinski definition) is 1. The lowest BCUT2D eigenvalue weighted by Crippen LogP contribution is -2.55. The van der Waals surface area contributed by atoms with Crippen LogP contribution in [0.2, 0.25) is 0 Å². The molecule has 52 valence electrons. The summed E-state index contributed by atoms with van der Waals surface area (Å²) in [4.78, 5) is 10.0. The van der Waals surface area contributed by atoms with Crippen LogP contribution in [0.15, 0.2) is 0 Å². The molecule has 0 aromatic rings. The van der Waals surface area contributed by atoms with Crippen molar-refractivity contribution in [3.8, 4) is 0 Å². The van der Waals surface area contributed by atoms with Crippen LogP contribution < -0.4 is 5.32 Å². The summed E-state index contributed by atoms with van der Waals surface area (Å²) in [5, 5.41) is 2.01. The van der Waals surface area contributed by atoms with Crippen LogP contribution in [0.4, 0.5) is 13.2 Å². The number of alkyl halides is 3. The molecule has 1 heterocycles. The highest BCUT2D eigenvalue weighted by Crippen LogP contribution is 2.29. The number of rotatable bonds is 0. The van der Waals surface area contributed by atoms with Crippen LogP contribution in [-0.2, 0) is 4.79 Å². The number of halogens is 3. The smallest absolute Gasteiger partial charge is 0.354 e. The van der Waals surface area contributed by atoms with Gasteiger partial charge in [-0.15, -0.1) is 0 Å². The summed E-state index contributed by atoms with van der Waals surface area (Å²) in [5.74, 6) is -2.67. The van der Waals surface area contributed by atoms with Gasteiger partial charge in [-0.2, -0.15) is 13.2 Å². The summed E-state index contributed by atoms with van der Waals surface area (Å²) in [6, 6.07) is 0. The Balaban J connectivity index is 2.54. The molecule has 1 aliphatic rings. The Kier molecular flexibility index (Phi) is 1.15. The molecule has 1 fully saturated rings. The molecule has 1 amide bonds. The average Bonchev–Trinajstić information content (AvgIpc) is 1.57. The van der Waals surface area contributed by atoms with E-state index in [2.05, 4.69) is 0 Å². The number of carbonyl (C=O) groups is 1. The second-order valence-electron chi connectivity index (χ2n) is 1.84. The van der Waals surface area contributed by atoms with Crippen molar-refractivity contribution < 1.29 is 18.0 Å². The van der Waals surface area contributed by atoms with Gasteiger partial charge in [-0.1, -0.05) is 0 Å². The van der Waals surface area contributed by atoms with E-state index >= 15 is 0 Å². The third kappa shape index (κ3) is 0.988. The summed E-state index contributed by atoms with van der Waals surface area (Å²) >= 11 is 0. The largest absolute Gasteiger partial charge is 0.402 e. The zero-order valence-corrected chi connectivity index (χ0v) is 4.33. The van der Waals surface area contributed by atoms with Gasteiger partial charge >= 0.3 is 6.18 Å². The molecule has 0 aromatic heterocycles. The fourth-order valence-corrected chi connectivity index (χ4v) is 0.552. The van der Waals surface area contributed by atoms with Gasteiger partial charge in [-0.05, 0) is 0 Å². The first-order valence-electron chi connectivity index (χ1n) is 2.36. The molecule has 5 heteroatoms. The van der Waals surface area contributed by atoms with Gasteiger partial charge in [0.1, 0.15) is 0 Å². The molecular weight excluding hydrogens is 135 g/mol. The molecular formula is C4H4F3NO. The second kappa shape index (κ2) is 1.62. The highest BCUT2D eigenvalue weighted by molar-refractivity contribution is 5.85. The molecule has 0 saturated carbocycles. The predicted octanol–water partition coefficient (Wildman–Crippen LogP) is 0.295. The quantitative estimate of drug-likeness (QED) is 0.480. The molecule has 0 bridgehead atoms. The lowest BCUT2D eigenvalue weighted by molar-refractivity contribution is -0.193. The van der Waals surface area contributed by atoms with Crippen molar-refractivity contribution in [1.29, 1.82) is 0 Å². The number of carbonyl (C=O) groups excluding carboxylic acids is 1. The Morgan fingerprint density at radius 3 is 2.11 bits per heavy atom. The Bertz CT molecular complexity index is 141. The van der Waals surface area contributed by atoms with Crippen LogP contribution in [0.1, 0.15) is 0 Å². The fourth-order valence-electron chi connectivity index (χ4n) is 0.552. The summed E-state index contributed by atoms with van der Waals surface area (Å²) in [5.41, 5.74) is 0. The highest BCUT2D eigenvalue weighted by atomic mass is 19.4. The van der Waals surface area contributed by atoms with Crippen molar-refractivity contribution in [3.05, 3.63) is 0 Å². The standard InChI is InChI=1S/C4H4F3NO/c5-4(6,7)2-1-8-3(2)9/h2H,1H2,(H,8,9)/t2-/m0/s1. The van der Waals surface area contributed by atoms with E-state index in [1.807, 2.05) is 5.32 Å². The molecule has 9 heavy (non-hydrogen) atoms. The van der Waals surface area contributed by atoms with Gasteiger partial charge in [0.2, 0.25) is 5.91 Å². The number of nitrogens with one attached hydrogen (secondary N) is 1. The van der Waals surface area contributed by atoms with E-state index in [4.69, 9.17) is 0 Å². The molecule has 0 spiro atoms. The summed E-state index contributed by atoms with van der Waals surface area (Å²) in [7, 11) is 0. The molecule has 0 aliphatic carbocycles. The number of β-lactam (4-membered cyclic amide) rings is 1. The molecule has 1 saturated heterocycles. The topological polar surface area (TPSA) is 29.1 Å². The molecule has 1 rings (SSSR count). The molecule has 0 radical (unpaired) electrons. The van der Waals surface area contributed by atoms with E-state index in [0.717, 1.165) is 0 Å². The van der Waals surface area contributed by atoms with Crippen LogP contribution in [0.25, 0.3) is 0 Å². The second-order valence-corrected chi connectivity index (χ2v) is 1.84. The van der Waals surface area contributed by atoms with Gasteiger partial charge in [-0.3, -0.25) is 4.79 Å². The van der Waals surface area contributed by atoms with Crippen molar-refractivity contribution in [1.82, 2.24) is 5.32 Å². The van der Waals surface area contributed by atoms with Crippen molar-refractivity contribution in [2.45, 2.75) is 6.18 Å². The maximum Gasteiger partial charge on any atom is 0.402 e. The average molecular weight is 139 g/mol. The normalized spacial score (nSPS) is 27.0. The Morgan fingerprint density at radius 1 is 1.56 bits per heavy atom. The summed E-state index contributed by atoms with van der Waals surface area (Å²) in [6.07, 6.45) is -4.34. The lowest BCUT2D eigenvalue weighted by Gasteiger charge is -2.27. The van der Waals surface area contributed by atoms with Crippen molar-refractivity contribution in [2.75, 3.05) is 6.54 Å². The zero-order chi connectivity index (χ0) is 7.07. The minimum Gasteiger partial charge on any atom is -0.354 e. The zero-order valence-electron chi connectivity index (χ0n) is 4.33. The van der Waals surface area contributed by atoms with Crippen molar-refractivity contribution in [2.24, 2.45) is 5.92 Å². The Labute approximate surface area is 49.0 Å². The van der Waals surface area contributed by atoms with Crippen molar-refractivity contribution >= 4 is 5.91 Å². The van der Waals surface area contributed by atoms with Gasteiger partial charge in [-0.25, -0.2) is 0 Å². The third-order valence-electron chi connectivity index (χ3n) is 1.19. The predicted molar refractivity (Wildman–Crippen MR) is 22.6 cm³/mol. The summed E-state index contributed by atoms with van der Waals surface area (Å²) in [6.45, 7) is -0.262.